The molecule has 2 aliphatic heterocycles. The number of hydrogen-bond donors (Lipinski definition) is 2. The molecule has 2 heterocycles. The molecule has 3 amide bonds. The Bertz CT molecular complexity index is 271. The van der Waals surface area contributed by atoms with Crippen LogP contribution in [-0.4, -0.2) is 41.5 Å². The quantitative estimate of drug-likeness (QED) is 0.528. The van der Waals surface area contributed by atoms with Crippen LogP contribution in [0.2, 0.25) is 0 Å². The highest BCUT2D eigenvalue weighted by Gasteiger charge is 2.55. The predicted molar refractivity (Wildman–Crippen MR) is 46.1 cm³/mol. The van der Waals surface area contributed by atoms with Crippen molar-refractivity contribution in [1.29, 1.82) is 0 Å². The largest absolute Gasteiger partial charge is 0.325 e. The van der Waals surface area contributed by atoms with Crippen LogP contribution in [0.15, 0.2) is 0 Å². The summed E-state index contributed by atoms with van der Waals surface area (Å²) in [6, 6.07) is -0.325. The van der Waals surface area contributed by atoms with Crippen molar-refractivity contribution < 1.29 is 9.59 Å². The van der Waals surface area contributed by atoms with Gasteiger partial charge in [-0.15, -0.1) is 0 Å². The van der Waals surface area contributed by atoms with Crippen molar-refractivity contribution in [3.8, 4) is 0 Å². The highest BCUT2D eigenvalue weighted by molar-refractivity contribution is 6.08. The summed E-state index contributed by atoms with van der Waals surface area (Å²) in [6.45, 7) is 4.78. The second-order valence-corrected chi connectivity index (χ2v) is 3.88. The lowest BCUT2D eigenvalue weighted by Gasteiger charge is -2.36. The van der Waals surface area contributed by atoms with E-state index in [0.717, 1.165) is 0 Å². The van der Waals surface area contributed by atoms with Gasteiger partial charge in [0.1, 0.15) is 5.54 Å². The van der Waals surface area contributed by atoms with Crippen molar-refractivity contribution in [3.05, 3.63) is 0 Å². The van der Waals surface area contributed by atoms with Crippen LogP contribution in [0.1, 0.15) is 13.8 Å². The second-order valence-electron chi connectivity index (χ2n) is 3.88. The first-order chi connectivity index (χ1) is 6.07. The van der Waals surface area contributed by atoms with Gasteiger partial charge >= 0.3 is 6.03 Å². The molecule has 0 unspecified atom stereocenters. The molecule has 2 fully saturated rings. The van der Waals surface area contributed by atoms with Crippen LogP contribution in [0.5, 0.6) is 0 Å². The first-order valence-electron chi connectivity index (χ1n) is 4.43. The van der Waals surface area contributed by atoms with Crippen LogP contribution >= 0.6 is 0 Å². The zero-order chi connectivity index (χ0) is 9.64. The molecule has 0 aliphatic carbocycles. The van der Waals surface area contributed by atoms with Gasteiger partial charge in [-0.1, -0.05) is 0 Å². The Labute approximate surface area is 76.5 Å². The van der Waals surface area contributed by atoms with Crippen LogP contribution in [-0.2, 0) is 4.79 Å². The third-order valence-electron chi connectivity index (χ3n) is 2.56. The molecule has 1 spiro atoms. The average molecular weight is 183 g/mol. The van der Waals surface area contributed by atoms with Crippen molar-refractivity contribution >= 4 is 11.9 Å². The van der Waals surface area contributed by atoms with Crippen LogP contribution in [0.4, 0.5) is 4.79 Å². The van der Waals surface area contributed by atoms with E-state index in [2.05, 4.69) is 10.6 Å². The van der Waals surface area contributed by atoms with E-state index in [-0.39, 0.29) is 18.0 Å². The Hall–Kier alpha value is -1.10. The molecule has 0 radical (unpaired) electrons. The van der Waals surface area contributed by atoms with Crippen molar-refractivity contribution in [2.75, 3.05) is 13.1 Å². The van der Waals surface area contributed by atoms with Gasteiger partial charge in [-0.25, -0.2) is 4.79 Å². The van der Waals surface area contributed by atoms with Gasteiger partial charge in [0.25, 0.3) is 5.91 Å². The minimum atomic E-state index is -0.624. The summed E-state index contributed by atoms with van der Waals surface area (Å²) >= 11 is 0. The van der Waals surface area contributed by atoms with Gasteiger partial charge in [0.2, 0.25) is 0 Å². The molecule has 0 bridgehead atoms. The van der Waals surface area contributed by atoms with Crippen LogP contribution in [0, 0.1) is 0 Å². The van der Waals surface area contributed by atoms with Gasteiger partial charge in [0.15, 0.2) is 0 Å². The Morgan fingerprint density at radius 1 is 1.38 bits per heavy atom. The molecule has 0 saturated carbocycles. The minimum absolute atomic E-state index is 0.0625. The van der Waals surface area contributed by atoms with Gasteiger partial charge in [0, 0.05) is 19.1 Å². The standard InChI is InChI=1S/C8H13N3O2/c1-5(2)11-6(12)8(3-9-4-8)10-7(11)13/h5,9H,3-4H2,1-2H3,(H,10,13). The molecule has 5 nitrogen and oxygen atoms in total. The maximum atomic E-state index is 11.8. The third-order valence-corrected chi connectivity index (χ3v) is 2.56. The lowest BCUT2D eigenvalue weighted by atomic mass is 9.92. The molecule has 2 rings (SSSR count). The lowest BCUT2D eigenvalue weighted by Crippen LogP contribution is -2.69. The number of carbonyl (C=O) groups is 2. The summed E-state index contributed by atoms with van der Waals surface area (Å²) in [4.78, 5) is 24.5. The first kappa shape index (κ1) is 8.50. The maximum absolute atomic E-state index is 11.8. The van der Waals surface area contributed by atoms with E-state index in [0.29, 0.717) is 13.1 Å². The molecule has 0 aromatic heterocycles. The highest BCUT2D eigenvalue weighted by Crippen LogP contribution is 2.23. The molecule has 0 aromatic rings. The zero-order valence-corrected chi connectivity index (χ0v) is 7.76. The van der Waals surface area contributed by atoms with Gasteiger partial charge in [-0.3, -0.25) is 9.69 Å². The third kappa shape index (κ3) is 0.966. The van der Waals surface area contributed by atoms with E-state index in [9.17, 15) is 9.59 Å². The summed E-state index contributed by atoms with van der Waals surface area (Å²) in [6.07, 6.45) is 0. The van der Waals surface area contributed by atoms with E-state index >= 15 is 0 Å². The number of urea groups is 1. The van der Waals surface area contributed by atoms with Crippen molar-refractivity contribution in [2.45, 2.75) is 25.4 Å². The van der Waals surface area contributed by atoms with Crippen molar-refractivity contribution in [3.63, 3.8) is 0 Å². The topological polar surface area (TPSA) is 61.4 Å². The fraction of sp³-hybridized carbons (Fsp3) is 0.750. The zero-order valence-electron chi connectivity index (χ0n) is 7.76. The van der Waals surface area contributed by atoms with Crippen molar-refractivity contribution in [1.82, 2.24) is 15.5 Å². The van der Waals surface area contributed by atoms with Gasteiger partial charge < -0.3 is 10.6 Å². The molecular formula is C8H13N3O2. The SMILES string of the molecule is CC(C)N1C(=O)NC2(CNC2)C1=O. The summed E-state index contributed by atoms with van der Waals surface area (Å²) in [7, 11) is 0. The average Bonchev–Trinajstić information content (AvgIpc) is 2.21. The number of rotatable bonds is 1. The number of carbonyl (C=O) groups excluding carboxylic acids is 2. The number of imide groups is 1. The van der Waals surface area contributed by atoms with Crippen LogP contribution in [0.25, 0.3) is 0 Å². The second kappa shape index (κ2) is 2.45. The number of nitrogens with zero attached hydrogens (tertiary/aromatic N) is 1. The van der Waals surface area contributed by atoms with E-state index in [1.54, 1.807) is 0 Å². The van der Waals surface area contributed by atoms with E-state index < -0.39 is 5.54 Å². The molecular weight excluding hydrogens is 170 g/mol. The van der Waals surface area contributed by atoms with E-state index in [1.807, 2.05) is 13.8 Å². The summed E-state index contributed by atoms with van der Waals surface area (Å²) in [5, 5.41) is 5.71. The van der Waals surface area contributed by atoms with E-state index in [1.165, 1.54) is 4.90 Å². The normalized spacial score (nSPS) is 25.3. The molecule has 0 aromatic carbocycles. The fourth-order valence-corrected chi connectivity index (χ4v) is 1.72. The van der Waals surface area contributed by atoms with Gasteiger partial charge in [0.05, 0.1) is 0 Å². The van der Waals surface area contributed by atoms with Gasteiger partial charge in [-0.2, -0.15) is 0 Å². The molecule has 0 atom stereocenters. The Balaban J connectivity index is 2.24. The Kier molecular flexibility index (Phi) is 1.60. The van der Waals surface area contributed by atoms with Crippen LogP contribution < -0.4 is 10.6 Å². The molecule has 2 N–H and O–H groups in total. The number of nitrogens with one attached hydrogen (secondary N) is 2. The molecule has 5 heteroatoms. The number of hydrogen-bond acceptors (Lipinski definition) is 3. The summed E-state index contributed by atoms with van der Waals surface area (Å²) in [5.74, 6) is -0.0914. The van der Waals surface area contributed by atoms with Gasteiger partial charge in [-0.05, 0) is 13.8 Å². The molecule has 13 heavy (non-hydrogen) atoms. The van der Waals surface area contributed by atoms with Crippen molar-refractivity contribution in [2.24, 2.45) is 0 Å². The first-order valence-corrected chi connectivity index (χ1v) is 4.43. The molecule has 2 saturated heterocycles. The lowest BCUT2D eigenvalue weighted by molar-refractivity contribution is -0.134. The minimum Gasteiger partial charge on any atom is -0.321 e. The highest BCUT2D eigenvalue weighted by atomic mass is 16.2. The predicted octanol–water partition coefficient (Wildman–Crippen LogP) is -0.711. The van der Waals surface area contributed by atoms with E-state index in [4.69, 9.17) is 0 Å². The Morgan fingerprint density at radius 2 is 2.00 bits per heavy atom. The monoisotopic (exact) mass is 183 g/mol. The smallest absolute Gasteiger partial charge is 0.321 e. The Morgan fingerprint density at radius 3 is 2.23 bits per heavy atom. The summed E-state index contributed by atoms with van der Waals surface area (Å²) in [5.41, 5.74) is -0.624. The fourth-order valence-electron chi connectivity index (χ4n) is 1.72. The number of amides is 3. The van der Waals surface area contributed by atoms with Crippen LogP contribution in [0.3, 0.4) is 0 Å². The molecule has 2 aliphatic rings. The molecule has 72 valence electrons. The summed E-state index contributed by atoms with van der Waals surface area (Å²) < 4.78 is 0. The maximum Gasteiger partial charge on any atom is 0.325 e.